The Hall–Kier alpha value is -0.570. The first-order valence-electron chi connectivity index (χ1n) is 6.75. The van der Waals surface area contributed by atoms with Gasteiger partial charge in [-0.25, -0.2) is 0 Å². The van der Waals surface area contributed by atoms with Gasteiger partial charge in [0.1, 0.15) is 0 Å². The van der Waals surface area contributed by atoms with Crippen LogP contribution in [0, 0.1) is 11.3 Å². The minimum atomic E-state index is -0.0000619. The summed E-state index contributed by atoms with van der Waals surface area (Å²) in [6, 6.07) is 0. The Morgan fingerprint density at radius 1 is 1.35 bits per heavy atom. The molecule has 0 bridgehead atoms. The lowest BCUT2D eigenvalue weighted by molar-refractivity contribution is -0.124. The van der Waals surface area contributed by atoms with Crippen LogP contribution in [-0.2, 0) is 4.79 Å². The maximum absolute atomic E-state index is 12.0. The van der Waals surface area contributed by atoms with Crippen molar-refractivity contribution < 1.29 is 4.79 Å². The lowest BCUT2D eigenvalue weighted by Gasteiger charge is -2.36. The molecular weight excluding hydrogens is 212 g/mol. The van der Waals surface area contributed by atoms with Crippen molar-refractivity contribution in [2.24, 2.45) is 11.3 Å². The van der Waals surface area contributed by atoms with E-state index in [4.69, 9.17) is 0 Å². The summed E-state index contributed by atoms with van der Waals surface area (Å²) in [7, 11) is 0. The third-order valence-electron chi connectivity index (χ3n) is 4.12. The fourth-order valence-corrected chi connectivity index (χ4v) is 2.08. The number of piperidine rings is 1. The van der Waals surface area contributed by atoms with Gasteiger partial charge in [-0.1, -0.05) is 27.7 Å². The van der Waals surface area contributed by atoms with Crippen LogP contribution in [0.4, 0.5) is 0 Å². The van der Waals surface area contributed by atoms with Gasteiger partial charge >= 0.3 is 0 Å². The Kier molecular flexibility index (Phi) is 4.59. The summed E-state index contributed by atoms with van der Waals surface area (Å²) in [6.45, 7) is 12.9. The van der Waals surface area contributed by atoms with Gasteiger partial charge in [0.15, 0.2) is 0 Å². The minimum Gasteiger partial charge on any atom is -0.351 e. The van der Waals surface area contributed by atoms with Crippen LogP contribution in [0.15, 0.2) is 0 Å². The third kappa shape index (κ3) is 4.66. The second-order valence-corrected chi connectivity index (χ2v) is 6.83. The molecule has 1 saturated heterocycles. The highest BCUT2D eigenvalue weighted by Crippen LogP contribution is 2.28. The maximum Gasteiger partial charge on any atom is 0.220 e. The van der Waals surface area contributed by atoms with Crippen LogP contribution < -0.4 is 10.6 Å². The average Bonchev–Trinajstić information content (AvgIpc) is 2.15. The molecule has 1 amide bonds. The van der Waals surface area contributed by atoms with Crippen molar-refractivity contribution in [3.8, 4) is 0 Å². The van der Waals surface area contributed by atoms with Crippen molar-refractivity contribution in [2.45, 2.75) is 59.4 Å². The van der Waals surface area contributed by atoms with Crippen molar-refractivity contribution in [1.29, 1.82) is 0 Å². The molecule has 1 fully saturated rings. The Morgan fingerprint density at radius 3 is 2.35 bits per heavy atom. The van der Waals surface area contributed by atoms with E-state index in [-0.39, 0.29) is 16.9 Å². The summed E-state index contributed by atoms with van der Waals surface area (Å²) < 4.78 is 0. The molecule has 2 N–H and O–H groups in total. The first-order chi connectivity index (χ1) is 7.73. The summed E-state index contributed by atoms with van der Waals surface area (Å²) in [5.74, 6) is 0.615. The van der Waals surface area contributed by atoms with Crippen molar-refractivity contribution in [2.75, 3.05) is 13.1 Å². The highest BCUT2D eigenvalue weighted by atomic mass is 16.1. The SMILES string of the molecule is CC(CC(=O)NC1(C)CCNCC1)C(C)(C)C. The molecule has 0 spiro atoms. The van der Waals surface area contributed by atoms with Crippen LogP contribution in [0.5, 0.6) is 0 Å². The van der Waals surface area contributed by atoms with E-state index >= 15 is 0 Å². The summed E-state index contributed by atoms with van der Waals surface area (Å²) in [4.78, 5) is 12.0. The molecule has 1 atom stereocenters. The van der Waals surface area contributed by atoms with Gasteiger partial charge < -0.3 is 10.6 Å². The first-order valence-corrected chi connectivity index (χ1v) is 6.75. The number of carbonyl (C=O) groups is 1. The topological polar surface area (TPSA) is 41.1 Å². The van der Waals surface area contributed by atoms with Crippen LogP contribution in [0.3, 0.4) is 0 Å². The van der Waals surface area contributed by atoms with Gasteiger partial charge in [-0.15, -0.1) is 0 Å². The normalized spacial score (nSPS) is 21.9. The average molecular weight is 240 g/mol. The number of amides is 1. The van der Waals surface area contributed by atoms with E-state index in [1.807, 2.05) is 0 Å². The van der Waals surface area contributed by atoms with E-state index in [1.54, 1.807) is 0 Å². The number of hydrogen-bond donors (Lipinski definition) is 2. The molecule has 0 radical (unpaired) electrons. The standard InChI is InChI=1S/C14H28N2O/c1-11(13(2,3)4)10-12(17)16-14(5)6-8-15-9-7-14/h11,15H,6-10H2,1-5H3,(H,16,17). The molecular formula is C14H28N2O. The Bertz CT molecular complexity index is 262. The molecule has 1 unspecified atom stereocenters. The molecule has 0 aromatic carbocycles. The monoisotopic (exact) mass is 240 g/mol. The lowest BCUT2D eigenvalue weighted by Crippen LogP contribution is -2.52. The fraction of sp³-hybridized carbons (Fsp3) is 0.929. The molecule has 1 rings (SSSR count). The van der Waals surface area contributed by atoms with Crippen LogP contribution in [0.25, 0.3) is 0 Å². The van der Waals surface area contributed by atoms with Gasteiger partial charge in [-0.05, 0) is 44.2 Å². The van der Waals surface area contributed by atoms with E-state index in [2.05, 4.69) is 45.3 Å². The molecule has 17 heavy (non-hydrogen) atoms. The van der Waals surface area contributed by atoms with Gasteiger partial charge in [-0.2, -0.15) is 0 Å². The van der Waals surface area contributed by atoms with Gasteiger partial charge in [0.25, 0.3) is 0 Å². The van der Waals surface area contributed by atoms with Crippen LogP contribution >= 0.6 is 0 Å². The van der Waals surface area contributed by atoms with E-state index in [1.165, 1.54) is 0 Å². The number of carbonyl (C=O) groups excluding carboxylic acids is 1. The molecule has 1 aliphatic heterocycles. The van der Waals surface area contributed by atoms with E-state index < -0.39 is 0 Å². The second-order valence-electron chi connectivity index (χ2n) is 6.83. The number of nitrogens with one attached hydrogen (secondary N) is 2. The Morgan fingerprint density at radius 2 is 1.88 bits per heavy atom. The summed E-state index contributed by atoms with van der Waals surface area (Å²) in [5.41, 5.74) is 0.201. The van der Waals surface area contributed by atoms with Gasteiger partial charge in [0.2, 0.25) is 5.91 Å². The number of rotatable bonds is 3. The second kappa shape index (κ2) is 5.38. The van der Waals surface area contributed by atoms with Crippen LogP contribution in [0.1, 0.15) is 53.9 Å². The number of hydrogen-bond acceptors (Lipinski definition) is 2. The van der Waals surface area contributed by atoms with Crippen molar-refractivity contribution >= 4 is 5.91 Å². The van der Waals surface area contributed by atoms with Crippen molar-refractivity contribution in [1.82, 2.24) is 10.6 Å². The summed E-state index contributed by atoms with van der Waals surface area (Å²) >= 11 is 0. The molecule has 0 aromatic rings. The molecule has 1 heterocycles. The third-order valence-corrected chi connectivity index (χ3v) is 4.12. The van der Waals surface area contributed by atoms with Gasteiger partial charge in [0, 0.05) is 12.0 Å². The van der Waals surface area contributed by atoms with Crippen LogP contribution in [-0.4, -0.2) is 24.5 Å². The highest BCUT2D eigenvalue weighted by Gasteiger charge is 2.30. The highest BCUT2D eigenvalue weighted by molar-refractivity contribution is 5.77. The summed E-state index contributed by atoms with van der Waals surface area (Å²) in [5, 5.41) is 6.55. The predicted molar refractivity (Wildman–Crippen MR) is 71.9 cm³/mol. The molecule has 3 nitrogen and oxygen atoms in total. The maximum atomic E-state index is 12.0. The van der Waals surface area contributed by atoms with Crippen molar-refractivity contribution in [3.63, 3.8) is 0 Å². The molecule has 0 aromatic heterocycles. The largest absolute Gasteiger partial charge is 0.351 e. The van der Waals surface area contributed by atoms with E-state index in [9.17, 15) is 4.79 Å². The quantitative estimate of drug-likeness (QED) is 0.795. The predicted octanol–water partition coefficient (Wildman–Crippen LogP) is 2.32. The van der Waals surface area contributed by atoms with Crippen molar-refractivity contribution in [3.05, 3.63) is 0 Å². The van der Waals surface area contributed by atoms with E-state index in [0.29, 0.717) is 12.3 Å². The zero-order valence-corrected chi connectivity index (χ0v) is 12.0. The van der Waals surface area contributed by atoms with Crippen LogP contribution in [0.2, 0.25) is 0 Å². The summed E-state index contributed by atoms with van der Waals surface area (Å²) in [6.07, 6.45) is 2.69. The van der Waals surface area contributed by atoms with Gasteiger partial charge in [-0.3, -0.25) is 4.79 Å². The molecule has 0 aliphatic carbocycles. The molecule has 0 saturated carbocycles. The zero-order chi connectivity index (χ0) is 13.1. The lowest BCUT2D eigenvalue weighted by atomic mass is 9.79. The molecule has 100 valence electrons. The van der Waals surface area contributed by atoms with E-state index in [0.717, 1.165) is 25.9 Å². The smallest absolute Gasteiger partial charge is 0.220 e. The first kappa shape index (κ1) is 14.5. The minimum absolute atomic E-state index is 0.0000619. The fourth-order valence-electron chi connectivity index (χ4n) is 2.08. The Labute approximate surface area is 106 Å². The molecule has 1 aliphatic rings. The zero-order valence-electron chi connectivity index (χ0n) is 12.0. The van der Waals surface area contributed by atoms with Gasteiger partial charge in [0.05, 0.1) is 0 Å². The molecule has 3 heteroatoms. The Balaban J connectivity index is 2.43.